The van der Waals surface area contributed by atoms with Gasteiger partial charge in [-0.15, -0.1) is 0 Å². The van der Waals surface area contributed by atoms with Crippen LogP contribution in [0.2, 0.25) is 5.04 Å². The summed E-state index contributed by atoms with van der Waals surface area (Å²) in [6.07, 6.45) is 2.23. The van der Waals surface area contributed by atoms with Crippen LogP contribution >= 0.6 is 0 Å². The molecule has 5 heteroatoms. The van der Waals surface area contributed by atoms with Crippen LogP contribution in [0, 0.1) is 0 Å². The maximum absolute atomic E-state index is 12.9. The molecule has 0 aliphatic heterocycles. The number of rotatable bonds is 9. The first-order chi connectivity index (χ1) is 17.4. The maximum Gasteiger partial charge on any atom is 0.340 e. The summed E-state index contributed by atoms with van der Waals surface area (Å²) in [6, 6.07) is 34.3. The molecule has 0 atom stereocenters. The second-order valence-electron chi connectivity index (χ2n) is 9.82. The van der Waals surface area contributed by atoms with Gasteiger partial charge in [-0.2, -0.15) is 0 Å². The van der Waals surface area contributed by atoms with Crippen LogP contribution in [0.5, 0.6) is 0 Å². The molecule has 184 valence electrons. The van der Waals surface area contributed by atoms with E-state index in [2.05, 4.69) is 74.3 Å². The summed E-state index contributed by atoms with van der Waals surface area (Å²) in [5, 5.41) is 2.34. The van der Waals surface area contributed by atoms with Gasteiger partial charge in [0.05, 0.1) is 11.3 Å². The minimum Gasteiger partial charge on any atom is -0.457 e. The Labute approximate surface area is 215 Å². The van der Waals surface area contributed by atoms with Gasteiger partial charge in [0, 0.05) is 19.2 Å². The third kappa shape index (κ3) is 5.64. The number of aromatic nitrogens is 1. The fourth-order valence-corrected chi connectivity index (χ4v) is 9.25. The molecule has 0 aliphatic rings. The van der Waals surface area contributed by atoms with Crippen LogP contribution in [0.15, 0.2) is 109 Å². The van der Waals surface area contributed by atoms with Gasteiger partial charge in [0.2, 0.25) is 0 Å². The van der Waals surface area contributed by atoms with E-state index in [4.69, 9.17) is 9.16 Å². The molecule has 36 heavy (non-hydrogen) atoms. The predicted octanol–water partition coefficient (Wildman–Crippen LogP) is 5.56. The number of carbonyl (C=O) groups is 1. The Morgan fingerprint density at radius 1 is 0.778 bits per heavy atom. The van der Waals surface area contributed by atoms with Gasteiger partial charge in [0.25, 0.3) is 8.32 Å². The van der Waals surface area contributed by atoms with Crippen LogP contribution in [0.1, 0.15) is 42.4 Å². The Morgan fingerprint density at radius 2 is 1.33 bits per heavy atom. The van der Waals surface area contributed by atoms with Crippen molar-refractivity contribution in [1.29, 1.82) is 0 Å². The largest absolute Gasteiger partial charge is 0.457 e. The maximum atomic E-state index is 12.9. The first-order valence-corrected chi connectivity index (χ1v) is 14.2. The second kappa shape index (κ2) is 11.5. The Kier molecular flexibility index (Phi) is 8.13. The normalized spacial score (nSPS) is 11.8. The summed E-state index contributed by atoms with van der Waals surface area (Å²) in [5.41, 5.74) is 2.12. The van der Waals surface area contributed by atoms with E-state index in [1.807, 2.05) is 42.5 Å². The summed E-state index contributed by atoms with van der Waals surface area (Å²) >= 11 is 0. The number of nitrogens with zero attached hydrogens (tertiary/aromatic N) is 1. The molecular formula is C31H33NO3Si. The molecule has 0 aliphatic carbocycles. The zero-order chi connectivity index (χ0) is 25.4. The highest BCUT2D eigenvalue weighted by Crippen LogP contribution is 2.36. The van der Waals surface area contributed by atoms with Crippen molar-refractivity contribution in [2.75, 3.05) is 6.61 Å². The second-order valence-corrected chi connectivity index (χ2v) is 14.1. The molecular weight excluding hydrogens is 462 g/mol. The van der Waals surface area contributed by atoms with Gasteiger partial charge in [-0.05, 0) is 33.1 Å². The van der Waals surface area contributed by atoms with E-state index in [1.54, 1.807) is 18.3 Å². The predicted molar refractivity (Wildman–Crippen MR) is 147 cm³/mol. The average Bonchev–Trinajstić information content (AvgIpc) is 2.91. The quantitative estimate of drug-likeness (QED) is 0.225. The smallest absolute Gasteiger partial charge is 0.340 e. The number of carbonyl (C=O) groups excluding carboxylic acids is 1. The third-order valence-electron chi connectivity index (χ3n) is 6.40. The summed E-state index contributed by atoms with van der Waals surface area (Å²) in [5.74, 6) is -0.368. The molecule has 0 amide bonds. The highest BCUT2D eigenvalue weighted by molar-refractivity contribution is 6.99. The van der Waals surface area contributed by atoms with Crippen LogP contribution in [0.4, 0.5) is 0 Å². The van der Waals surface area contributed by atoms with Crippen molar-refractivity contribution < 1.29 is 14.0 Å². The lowest BCUT2D eigenvalue weighted by Crippen LogP contribution is -2.66. The fraction of sp³-hybridized carbons (Fsp3) is 0.226. The van der Waals surface area contributed by atoms with Crippen LogP contribution in [0.25, 0.3) is 0 Å². The van der Waals surface area contributed by atoms with E-state index in [1.165, 1.54) is 10.4 Å². The average molecular weight is 496 g/mol. The summed E-state index contributed by atoms with van der Waals surface area (Å²) < 4.78 is 12.6. The standard InChI is InChI=1S/C31H33NO3Si/c1-31(2,3)36(26-16-9-5-10-17-26,27-18-11-6-12-19-27)35-23-21-29-28(20-13-22-32-29)30(33)34-24-25-14-7-4-8-15-25/h4-20,22H,21,23-24H2,1-3H3. The summed E-state index contributed by atoms with van der Waals surface area (Å²) in [6.45, 7) is 7.45. The molecule has 4 rings (SSSR count). The molecule has 0 spiro atoms. The molecule has 4 nitrogen and oxygen atoms in total. The monoisotopic (exact) mass is 495 g/mol. The molecule has 3 aromatic carbocycles. The zero-order valence-corrected chi connectivity index (χ0v) is 22.2. The molecule has 0 saturated carbocycles. The topological polar surface area (TPSA) is 48.4 Å². The number of pyridine rings is 1. The minimum atomic E-state index is -2.65. The van der Waals surface area contributed by atoms with Crippen LogP contribution in [-0.4, -0.2) is 25.9 Å². The summed E-state index contributed by atoms with van der Waals surface area (Å²) in [7, 11) is -2.65. The van der Waals surface area contributed by atoms with E-state index in [9.17, 15) is 4.79 Å². The highest BCUT2D eigenvalue weighted by atomic mass is 28.4. The van der Waals surface area contributed by atoms with Crippen molar-refractivity contribution >= 4 is 24.7 Å². The molecule has 0 N–H and O–H groups in total. The molecule has 1 heterocycles. The number of hydrogen-bond donors (Lipinski definition) is 0. The van der Waals surface area contributed by atoms with Gasteiger partial charge in [0.1, 0.15) is 6.61 Å². The lowest BCUT2D eigenvalue weighted by atomic mass is 10.1. The molecule has 0 unspecified atom stereocenters. The van der Waals surface area contributed by atoms with Crippen molar-refractivity contribution in [2.45, 2.75) is 38.8 Å². The van der Waals surface area contributed by atoms with Gasteiger partial charge in [-0.1, -0.05) is 112 Å². The van der Waals surface area contributed by atoms with Gasteiger partial charge in [0.15, 0.2) is 0 Å². The van der Waals surface area contributed by atoms with E-state index >= 15 is 0 Å². The van der Waals surface area contributed by atoms with E-state index < -0.39 is 8.32 Å². The SMILES string of the molecule is CC(C)(C)[Si](OCCc1ncccc1C(=O)OCc1ccccc1)(c1ccccc1)c1ccccc1. The lowest BCUT2D eigenvalue weighted by Gasteiger charge is -2.43. The van der Waals surface area contributed by atoms with E-state index in [0.717, 1.165) is 5.56 Å². The highest BCUT2D eigenvalue weighted by Gasteiger charge is 2.50. The Bertz CT molecular complexity index is 1220. The van der Waals surface area contributed by atoms with E-state index in [-0.39, 0.29) is 17.6 Å². The zero-order valence-electron chi connectivity index (χ0n) is 21.2. The Balaban J connectivity index is 1.57. The number of hydrogen-bond acceptors (Lipinski definition) is 4. The van der Waals surface area contributed by atoms with Crippen molar-refractivity contribution in [1.82, 2.24) is 4.98 Å². The molecule has 4 aromatic rings. The number of benzene rings is 3. The lowest BCUT2D eigenvalue weighted by molar-refractivity contribution is 0.0470. The van der Waals surface area contributed by atoms with Crippen molar-refractivity contribution in [2.24, 2.45) is 0 Å². The van der Waals surface area contributed by atoms with Crippen molar-refractivity contribution in [3.05, 3.63) is 126 Å². The fourth-order valence-electron chi connectivity index (χ4n) is 4.69. The molecule has 0 bridgehead atoms. The van der Waals surface area contributed by atoms with Gasteiger partial charge >= 0.3 is 5.97 Å². The Morgan fingerprint density at radius 3 is 1.89 bits per heavy atom. The molecule has 1 aromatic heterocycles. The molecule has 0 fully saturated rings. The first kappa shape index (κ1) is 25.5. The van der Waals surface area contributed by atoms with Gasteiger partial charge in [-0.25, -0.2) is 4.79 Å². The van der Waals surface area contributed by atoms with Crippen molar-refractivity contribution in [3.63, 3.8) is 0 Å². The third-order valence-corrected chi connectivity index (χ3v) is 11.4. The first-order valence-electron chi connectivity index (χ1n) is 12.3. The van der Waals surface area contributed by atoms with Crippen LogP contribution < -0.4 is 10.4 Å². The Hall–Kier alpha value is -3.54. The number of ether oxygens (including phenoxy) is 1. The van der Waals surface area contributed by atoms with Gasteiger partial charge in [-0.3, -0.25) is 4.98 Å². The molecule has 0 radical (unpaired) electrons. The van der Waals surface area contributed by atoms with E-state index in [0.29, 0.717) is 24.3 Å². The van der Waals surface area contributed by atoms with Crippen molar-refractivity contribution in [3.8, 4) is 0 Å². The minimum absolute atomic E-state index is 0.114. The van der Waals surface area contributed by atoms with Crippen LogP contribution in [0.3, 0.4) is 0 Å². The number of esters is 1. The molecule has 0 saturated heterocycles. The van der Waals surface area contributed by atoms with Gasteiger partial charge < -0.3 is 9.16 Å². The summed E-state index contributed by atoms with van der Waals surface area (Å²) in [4.78, 5) is 17.4. The van der Waals surface area contributed by atoms with Crippen LogP contribution in [-0.2, 0) is 22.2 Å².